The first kappa shape index (κ1) is 17.2. The average Bonchev–Trinajstić information content (AvgIpc) is 2.34. The van der Waals surface area contributed by atoms with E-state index in [1.54, 1.807) is 6.92 Å². The zero-order chi connectivity index (χ0) is 12.8. The van der Waals surface area contributed by atoms with Gasteiger partial charge in [-0.1, -0.05) is 39.0 Å². The smallest absolute Gasteiger partial charge is 0.406 e. The van der Waals surface area contributed by atoms with Crippen molar-refractivity contribution in [3.63, 3.8) is 0 Å². The van der Waals surface area contributed by atoms with Crippen LogP contribution in [0, 0.1) is 18.8 Å². The van der Waals surface area contributed by atoms with Crippen molar-refractivity contribution in [2.24, 2.45) is 5.92 Å². The van der Waals surface area contributed by atoms with Crippen molar-refractivity contribution in [3.05, 3.63) is 0 Å². The summed E-state index contributed by atoms with van der Waals surface area (Å²) < 4.78 is 4.44. The maximum Gasteiger partial charge on any atom is 0.406 e. The van der Waals surface area contributed by atoms with Gasteiger partial charge in [-0.3, -0.25) is 0 Å². The van der Waals surface area contributed by atoms with Crippen molar-refractivity contribution in [2.45, 2.75) is 46.0 Å². The predicted molar refractivity (Wildman–Crippen MR) is 68.2 cm³/mol. The van der Waals surface area contributed by atoms with E-state index in [0.29, 0.717) is 6.61 Å². The molecule has 0 saturated heterocycles. The fourth-order valence-corrected chi connectivity index (χ4v) is 1.51. The highest BCUT2D eigenvalue weighted by Gasteiger charge is 2.05. The monoisotopic (exact) mass is 227 g/mol. The van der Waals surface area contributed by atoms with Gasteiger partial charge in [-0.15, -0.1) is 12.8 Å². The van der Waals surface area contributed by atoms with Gasteiger partial charge in [0.25, 0.3) is 0 Å². The van der Waals surface area contributed by atoms with Gasteiger partial charge in [0.2, 0.25) is 0 Å². The van der Waals surface area contributed by atoms with E-state index in [1.807, 2.05) is 0 Å². The molecule has 0 aliphatic heterocycles. The fourth-order valence-electron chi connectivity index (χ4n) is 1.51. The summed E-state index contributed by atoms with van der Waals surface area (Å²) in [5.74, 6) is 1.04. The molecule has 0 aromatic heterocycles. The van der Waals surface area contributed by atoms with Gasteiger partial charge in [0.1, 0.15) is 0 Å². The molecule has 3 nitrogen and oxygen atoms in total. The average molecular weight is 227 g/mol. The standard InChI is InChI=1S/C7H14.C4H9NO2.C2H2/c1-7-5-3-2-4-6-7;1-3-7-4(6)5-2;1-2/h7H,2-6H2,1H3;3H2,1-2H3,(H,5,6);1-2H. The van der Waals surface area contributed by atoms with Gasteiger partial charge in [0, 0.05) is 7.05 Å². The summed E-state index contributed by atoms with van der Waals surface area (Å²) in [6.07, 6.45) is 15.1. The van der Waals surface area contributed by atoms with Crippen LogP contribution in [0.4, 0.5) is 4.79 Å². The van der Waals surface area contributed by atoms with Crippen LogP contribution in [0.2, 0.25) is 0 Å². The molecule has 16 heavy (non-hydrogen) atoms. The van der Waals surface area contributed by atoms with Gasteiger partial charge in [0.05, 0.1) is 6.61 Å². The Bertz CT molecular complexity index is 172. The Labute approximate surface area is 99.9 Å². The minimum absolute atomic E-state index is 0.373. The molecule has 0 heterocycles. The number of alkyl carbamates (subject to hydrolysis) is 1. The van der Waals surface area contributed by atoms with Gasteiger partial charge in [-0.05, 0) is 12.8 Å². The number of carbonyl (C=O) groups excluding carboxylic acids is 1. The summed E-state index contributed by atoms with van der Waals surface area (Å²) >= 11 is 0. The molecule has 1 rings (SSSR count). The van der Waals surface area contributed by atoms with Crippen LogP contribution < -0.4 is 5.32 Å². The summed E-state index contributed by atoms with van der Waals surface area (Å²) in [6, 6.07) is 0. The van der Waals surface area contributed by atoms with Crippen LogP contribution in [0.3, 0.4) is 0 Å². The summed E-state index contributed by atoms with van der Waals surface area (Å²) in [7, 11) is 1.53. The van der Waals surface area contributed by atoms with Crippen molar-refractivity contribution in [2.75, 3.05) is 13.7 Å². The van der Waals surface area contributed by atoms with Gasteiger partial charge < -0.3 is 10.1 Å². The first-order valence-electron chi connectivity index (χ1n) is 5.88. The Balaban J connectivity index is 0. The zero-order valence-corrected chi connectivity index (χ0v) is 10.8. The van der Waals surface area contributed by atoms with E-state index < -0.39 is 0 Å². The summed E-state index contributed by atoms with van der Waals surface area (Å²) in [4.78, 5) is 10.1. The number of carbonyl (C=O) groups is 1. The quantitative estimate of drug-likeness (QED) is 0.699. The molecule has 0 aromatic rings. The Kier molecular flexibility index (Phi) is 14.9. The minimum atomic E-state index is -0.373. The summed E-state index contributed by atoms with van der Waals surface area (Å²) in [5.41, 5.74) is 0. The Hall–Kier alpha value is -1.17. The highest BCUT2D eigenvalue weighted by atomic mass is 16.5. The Morgan fingerprint density at radius 2 is 1.81 bits per heavy atom. The second-order valence-electron chi connectivity index (χ2n) is 3.71. The van der Waals surface area contributed by atoms with E-state index in [-0.39, 0.29) is 6.09 Å². The molecule has 1 aliphatic rings. The molecule has 1 amide bonds. The van der Waals surface area contributed by atoms with E-state index in [9.17, 15) is 4.79 Å². The third kappa shape index (κ3) is 12.8. The van der Waals surface area contributed by atoms with Crippen LogP contribution in [0.5, 0.6) is 0 Å². The second-order valence-corrected chi connectivity index (χ2v) is 3.71. The van der Waals surface area contributed by atoms with Crippen LogP contribution >= 0.6 is 0 Å². The molecule has 94 valence electrons. The van der Waals surface area contributed by atoms with Gasteiger partial charge in [-0.2, -0.15) is 0 Å². The first-order valence-corrected chi connectivity index (χ1v) is 5.88. The minimum Gasteiger partial charge on any atom is -0.450 e. The molecule has 0 spiro atoms. The molecule has 3 heteroatoms. The molecular formula is C13H25NO2. The molecule has 0 radical (unpaired) electrons. The van der Waals surface area contributed by atoms with E-state index in [1.165, 1.54) is 39.2 Å². The lowest BCUT2D eigenvalue weighted by molar-refractivity contribution is 0.154. The predicted octanol–water partition coefficient (Wildman–Crippen LogP) is 3.20. The summed E-state index contributed by atoms with van der Waals surface area (Å²) in [5, 5.41) is 2.30. The number of ether oxygens (including phenoxy) is 1. The van der Waals surface area contributed by atoms with Crippen LogP contribution in [0.1, 0.15) is 46.0 Å². The highest BCUT2D eigenvalue weighted by Crippen LogP contribution is 2.22. The van der Waals surface area contributed by atoms with Crippen LogP contribution in [-0.2, 0) is 4.74 Å². The molecule has 1 fully saturated rings. The topological polar surface area (TPSA) is 38.3 Å². The van der Waals surface area contributed by atoms with Crippen molar-refractivity contribution in [1.29, 1.82) is 0 Å². The molecule has 1 saturated carbocycles. The molecule has 1 N–H and O–H groups in total. The first-order chi connectivity index (χ1) is 7.70. The van der Waals surface area contributed by atoms with Crippen LogP contribution in [0.25, 0.3) is 0 Å². The zero-order valence-electron chi connectivity index (χ0n) is 10.8. The molecule has 1 aliphatic carbocycles. The van der Waals surface area contributed by atoms with Crippen LogP contribution in [-0.4, -0.2) is 19.7 Å². The van der Waals surface area contributed by atoms with Crippen molar-refractivity contribution >= 4 is 6.09 Å². The molecule has 0 bridgehead atoms. The van der Waals surface area contributed by atoms with E-state index in [2.05, 4.69) is 29.8 Å². The normalized spacial score (nSPS) is 14.6. The third-order valence-corrected chi connectivity index (χ3v) is 2.37. The lowest BCUT2D eigenvalue weighted by atomic mass is 9.91. The number of amides is 1. The van der Waals surface area contributed by atoms with Crippen LogP contribution in [0.15, 0.2) is 0 Å². The number of nitrogens with one attached hydrogen (secondary N) is 1. The van der Waals surface area contributed by atoms with E-state index >= 15 is 0 Å². The largest absolute Gasteiger partial charge is 0.450 e. The third-order valence-electron chi connectivity index (χ3n) is 2.37. The van der Waals surface area contributed by atoms with Gasteiger partial charge in [-0.25, -0.2) is 4.79 Å². The number of hydrogen-bond donors (Lipinski definition) is 1. The maximum atomic E-state index is 10.1. The van der Waals surface area contributed by atoms with Crippen molar-refractivity contribution in [3.8, 4) is 12.8 Å². The highest BCUT2D eigenvalue weighted by molar-refractivity contribution is 5.66. The Morgan fingerprint density at radius 1 is 1.31 bits per heavy atom. The number of hydrogen-bond acceptors (Lipinski definition) is 2. The summed E-state index contributed by atoms with van der Waals surface area (Å²) in [6.45, 7) is 4.55. The Morgan fingerprint density at radius 3 is 2.00 bits per heavy atom. The number of terminal acetylenes is 1. The van der Waals surface area contributed by atoms with Crippen molar-refractivity contribution < 1.29 is 9.53 Å². The molecule has 0 unspecified atom stereocenters. The maximum absolute atomic E-state index is 10.1. The van der Waals surface area contributed by atoms with Gasteiger partial charge >= 0.3 is 6.09 Å². The van der Waals surface area contributed by atoms with Crippen molar-refractivity contribution in [1.82, 2.24) is 5.32 Å². The van der Waals surface area contributed by atoms with E-state index in [0.717, 1.165) is 5.92 Å². The molecule has 0 aromatic carbocycles. The SMILES string of the molecule is C#C.CC1CCCCC1.CCOC(=O)NC. The van der Waals surface area contributed by atoms with Gasteiger partial charge in [0.15, 0.2) is 0 Å². The fraction of sp³-hybridized carbons (Fsp3) is 0.769. The second kappa shape index (κ2) is 13.8. The lowest BCUT2D eigenvalue weighted by Gasteiger charge is -2.15. The lowest BCUT2D eigenvalue weighted by Crippen LogP contribution is -2.18. The number of rotatable bonds is 1. The molecule has 0 atom stereocenters. The molecular weight excluding hydrogens is 202 g/mol. The van der Waals surface area contributed by atoms with E-state index in [4.69, 9.17) is 0 Å².